The summed E-state index contributed by atoms with van der Waals surface area (Å²) in [4.78, 5) is 20.5. The number of nitrogens with zero attached hydrogens (tertiary/aromatic N) is 3. The van der Waals surface area contributed by atoms with Crippen molar-refractivity contribution in [3.63, 3.8) is 0 Å². The lowest BCUT2D eigenvalue weighted by Gasteiger charge is -2.18. The molecule has 34 heavy (non-hydrogen) atoms. The Hall–Kier alpha value is -3.65. The van der Waals surface area contributed by atoms with Gasteiger partial charge in [-0.15, -0.1) is 0 Å². The summed E-state index contributed by atoms with van der Waals surface area (Å²) in [6.45, 7) is 2.05. The van der Waals surface area contributed by atoms with Gasteiger partial charge in [-0.1, -0.05) is 18.2 Å². The minimum Gasteiger partial charge on any atom is -0.493 e. The zero-order chi connectivity index (χ0) is 23.5. The smallest absolute Gasteiger partial charge is 0.304 e. The van der Waals surface area contributed by atoms with Gasteiger partial charge in [0.05, 0.1) is 30.7 Å². The van der Waals surface area contributed by atoms with Crippen molar-refractivity contribution >= 4 is 17.9 Å². The Morgan fingerprint density at radius 1 is 1.24 bits per heavy atom. The Labute approximate surface area is 197 Å². The van der Waals surface area contributed by atoms with E-state index in [2.05, 4.69) is 15.3 Å². The van der Waals surface area contributed by atoms with E-state index in [-0.39, 0.29) is 12.3 Å². The summed E-state index contributed by atoms with van der Waals surface area (Å²) in [7, 11) is 0. The number of imidazole rings is 1. The number of nitrogens with one attached hydrogen (secondary N) is 1. The highest BCUT2D eigenvalue weighted by Crippen LogP contribution is 2.31. The van der Waals surface area contributed by atoms with Crippen molar-refractivity contribution < 1.29 is 19.7 Å². The molecule has 0 spiro atoms. The maximum absolute atomic E-state index is 11.5. The lowest BCUT2D eigenvalue weighted by atomic mass is 9.94. The van der Waals surface area contributed by atoms with Gasteiger partial charge < -0.3 is 24.8 Å². The van der Waals surface area contributed by atoms with E-state index in [1.54, 1.807) is 18.5 Å². The molecule has 0 fully saturated rings. The largest absolute Gasteiger partial charge is 0.493 e. The standard InChI is InChI=1S/C26H28N4O4/c31-23(22-7-5-18-2-1-10-27-26(18)29-22)8-6-21-15-30(16-28-21)14-20(13-25(32)33)19-4-3-17-9-11-34-24(17)12-19/h3-8,12,15-16,20,23,31H,1-2,9-11,13-14H2,(H,27,29)(H,32,33)/b8-6+. The summed E-state index contributed by atoms with van der Waals surface area (Å²) in [6.07, 6.45) is 9.11. The van der Waals surface area contributed by atoms with Crippen LogP contribution in [0.3, 0.4) is 0 Å². The lowest BCUT2D eigenvalue weighted by molar-refractivity contribution is -0.137. The molecule has 2 unspecified atom stereocenters. The van der Waals surface area contributed by atoms with Crippen LogP contribution < -0.4 is 10.1 Å². The van der Waals surface area contributed by atoms with Gasteiger partial charge in [-0.05, 0) is 53.8 Å². The molecule has 0 bridgehead atoms. The van der Waals surface area contributed by atoms with E-state index in [4.69, 9.17) is 4.74 Å². The van der Waals surface area contributed by atoms with Crippen LogP contribution >= 0.6 is 0 Å². The zero-order valence-corrected chi connectivity index (χ0v) is 18.9. The van der Waals surface area contributed by atoms with Gasteiger partial charge in [0.15, 0.2) is 0 Å². The number of carboxylic acids is 1. The maximum Gasteiger partial charge on any atom is 0.304 e. The second-order valence-corrected chi connectivity index (χ2v) is 8.83. The highest BCUT2D eigenvalue weighted by Gasteiger charge is 2.20. The van der Waals surface area contributed by atoms with Crippen molar-refractivity contribution in [1.82, 2.24) is 14.5 Å². The molecule has 2 aliphatic rings. The summed E-state index contributed by atoms with van der Waals surface area (Å²) in [5.74, 6) is 0.640. The molecule has 0 saturated heterocycles. The molecule has 3 aromatic rings. The number of benzene rings is 1. The molecular formula is C26H28N4O4. The first-order chi connectivity index (χ1) is 16.5. The first-order valence-corrected chi connectivity index (χ1v) is 11.6. The van der Waals surface area contributed by atoms with Crippen LogP contribution in [0.15, 0.2) is 48.9 Å². The topological polar surface area (TPSA) is 110 Å². The quantitative estimate of drug-likeness (QED) is 0.471. The van der Waals surface area contributed by atoms with Crippen LogP contribution in [0.2, 0.25) is 0 Å². The van der Waals surface area contributed by atoms with Gasteiger partial charge in [0.1, 0.15) is 17.7 Å². The molecule has 0 saturated carbocycles. The van der Waals surface area contributed by atoms with Crippen LogP contribution in [0.25, 0.3) is 6.08 Å². The van der Waals surface area contributed by atoms with E-state index in [0.717, 1.165) is 48.5 Å². The number of pyridine rings is 1. The molecule has 5 rings (SSSR count). The third-order valence-corrected chi connectivity index (χ3v) is 6.37. The van der Waals surface area contributed by atoms with Gasteiger partial charge in [0, 0.05) is 31.6 Å². The number of aliphatic carboxylic acids is 1. The van der Waals surface area contributed by atoms with Gasteiger partial charge in [0.2, 0.25) is 0 Å². The summed E-state index contributed by atoms with van der Waals surface area (Å²) >= 11 is 0. The molecule has 8 nitrogen and oxygen atoms in total. The van der Waals surface area contributed by atoms with Crippen molar-refractivity contribution in [3.8, 4) is 5.75 Å². The van der Waals surface area contributed by atoms with Crippen LogP contribution in [-0.4, -0.2) is 43.9 Å². The van der Waals surface area contributed by atoms with Crippen LogP contribution in [0.4, 0.5) is 5.82 Å². The molecule has 8 heteroatoms. The van der Waals surface area contributed by atoms with E-state index < -0.39 is 12.1 Å². The molecule has 4 heterocycles. The molecular weight excluding hydrogens is 432 g/mol. The summed E-state index contributed by atoms with van der Waals surface area (Å²) in [5, 5.41) is 23.3. The molecule has 3 N–H and O–H groups in total. The highest BCUT2D eigenvalue weighted by atomic mass is 16.5. The number of fused-ring (bicyclic) bond motifs is 2. The van der Waals surface area contributed by atoms with Crippen LogP contribution in [0, 0.1) is 0 Å². The first-order valence-electron chi connectivity index (χ1n) is 11.6. The number of aliphatic hydroxyl groups excluding tert-OH is 1. The normalized spacial score (nSPS) is 16.4. The molecule has 1 aromatic carbocycles. The zero-order valence-electron chi connectivity index (χ0n) is 18.9. The Balaban J connectivity index is 1.27. The number of carboxylic acid groups (broad SMARTS) is 1. The van der Waals surface area contributed by atoms with E-state index in [9.17, 15) is 15.0 Å². The number of rotatable bonds is 8. The average molecular weight is 461 g/mol. The maximum atomic E-state index is 11.5. The predicted octanol–water partition coefficient (Wildman–Crippen LogP) is 3.58. The number of aromatic nitrogens is 3. The van der Waals surface area contributed by atoms with Crippen LogP contribution in [0.1, 0.15) is 52.9 Å². The highest BCUT2D eigenvalue weighted by molar-refractivity contribution is 5.68. The fourth-order valence-corrected chi connectivity index (χ4v) is 4.55. The summed E-state index contributed by atoms with van der Waals surface area (Å²) in [6, 6.07) is 9.86. The van der Waals surface area contributed by atoms with Crippen LogP contribution in [-0.2, 0) is 24.2 Å². The number of ether oxygens (including phenoxy) is 1. The summed E-state index contributed by atoms with van der Waals surface area (Å²) in [5.41, 5.74) is 4.55. The molecule has 2 atom stereocenters. The molecule has 0 aliphatic carbocycles. The summed E-state index contributed by atoms with van der Waals surface area (Å²) < 4.78 is 7.55. The van der Waals surface area contributed by atoms with Gasteiger partial charge in [-0.3, -0.25) is 4.79 Å². The van der Waals surface area contributed by atoms with E-state index in [1.165, 1.54) is 5.56 Å². The fraction of sp³-hybridized carbons (Fsp3) is 0.346. The number of hydrogen-bond acceptors (Lipinski definition) is 6. The van der Waals surface area contributed by atoms with E-state index >= 15 is 0 Å². The predicted molar refractivity (Wildman–Crippen MR) is 128 cm³/mol. The minimum absolute atomic E-state index is 0.0128. The van der Waals surface area contributed by atoms with Crippen molar-refractivity contribution in [2.45, 2.75) is 44.2 Å². The SMILES string of the molecule is O=C(O)CC(Cn1cnc(/C=C/C(O)c2ccc3c(n2)NCCC3)c1)c1ccc2c(c1)OCC2. The third-order valence-electron chi connectivity index (χ3n) is 6.37. The lowest BCUT2D eigenvalue weighted by Crippen LogP contribution is -2.14. The van der Waals surface area contributed by atoms with Crippen molar-refractivity contribution in [3.05, 3.63) is 77.0 Å². The number of hydrogen-bond donors (Lipinski definition) is 3. The molecule has 176 valence electrons. The Morgan fingerprint density at radius 2 is 2.12 bits per heavy atom. The number of aryl methyl sites for hydroxylation is 1. The Kier molecular flexibility index (Phi) is 6.31. The van der Waals surface area contributed by atoms with Crippen LogP contribution in [0.5, 0.6) is 5.75 Å². The molecule has 0 radical (unpaired) electrons. The van der Waals surface area contributed by atoms with E-state index in [0.29, 0.717) is 24.5 Å². The molecule has 2 aromatic heterocycles. The van der Waals surface area contributed by atoms with Gasteiger partial charge >= 0.3 is 5.97 Å². The number of carbonyl (C=O) groups is 1. The second-order valence-electron chi connectivity index (χ2n) is 8.83. The van der Waals surface area contributed by atoms with Gasteiger partial charge in [-0.25, -0.2) is 9.97 Å². The second kappa shape index (κ2) is 9.69. The molecule has 2 aliphatic heterocycles. The number of anilines is 1. The van der Waals surface area contributed by atoms with E-state index in [1.807, 2.05) is 41.1 Å². The van der Waals surface area contributed by atoms with Gasteiger partial charge in [0.25, 0.3) is 0 Å². The van der Waals surface area contributed by atoms with Crippen molar-refractivity contribution in [1.29, 1.82) is 0 Å². The van der Waals surface area contributed by atoms with Crippen molar-refractivity contribution in [2.75, 3.05) is 18.5 Å². The monoisotopic (exact) mass is 460 g/mol. The fourth-order valence-electron chi connectivity index (χ4n) is 4.55. The third kappa shape index (κ3) is 4.97. The first kappa shape index (κ1) is 22.2. The Bertz CT molecular complexity index is 1220. The average Bonchev–Trinajstić information content (AvgIpc) is 3.50. The Morgan fingerprint density at radius 3 is 3.00 bits per heavy atom. The van der Waals surface area contributed by atoms with Gasteiger partial charge in [-0.2, -0.15) is 0 Å². The van der Waals surface area contributed by atoms with Crippen molar-refractivity contribution in [2.24, 2.45) is 0 Å². The number of aliphatic hydroxyl groups is 1. The molecule has 0 amide bonds. The minimum atomic E-state index is -0.846.